The summed E-state index contributed by atoms with van der Waals surface area (Å²) < 4.78 is 40.1. The second-order valence-electron chi connectivity index (χ2n) is 4.01. The zero-order valence-electron chi connectivity index (χ0n) is 10.0. The van der Waals surface area contributed by atoms with E-state index in [-0.39, 0.29) is 9.79 Å². The SMILES string of the molecule is C[C@H](O)c1cccc(F)c1Sc1ccc(F)cc1F. The first-order valence-electron chi connectivity index (χ1n) is 5.58. The Hall–Kier alpha value is -1.46. The normalized spacial score (nSPS) is 12.5. The van der Waals surface area contributed by atoms with Crippen LogP contribution >= 0.6 is 11.8 Å². The van der Waals surface area contributed by atoms with Crippen LogP contribution in [0.2, 0.25) is 0 Å². The topological polar surface area (TPSA) is 20.2 Å². The molecule has 1 atom stereocenters. The summed E-state index contributed by atoms with van der Waals surface area (Å²) in [5.41, 5.74) is 0.369. The van der Waals surface area contributed by atoms with Crippen molar-refractivity contribution in [3.8, 4) is 0 Å². The largest absolute Gasteiger partial charge is 0.389 e. The molecule has 0 heterocycles. The second-order valence-corrected chi connectivity index (χ2v) is 5.06. The average molecular weight is 284 g/mol. The molecule has 1 N–H and O–H groups in total. The van der Waals surface area contributed by atoms with Gasteiger partial charge in [0.1, 0.15) is 17.5 Å². The molecule has 0 aliphatic carbocycles. The van der Waals surface area contributed by atoms with Gasteiger partial charge in [-0.3, -0.25) is 0 Å². The van der Waals surface area contributed by atoms with Crippen LogP contribution in [0.4, 0.5) is 13.2 Å². The van der Waals surface area contributed by atoms with E-state index in [1.165, 1.54) is 25.1 Å². The van der Waals surface area contributed by atoms with Crippen molar-refractivity contribution in [2.45, 2.75) is 22.8 Å². The smallest absolute Gasteiger partial charge is 0.140 e. The lowest BCUT2D eigenvalue weighted by atomic mass is 10.1. The Morgan fingerprint density at radius 2 is 1.79 bits per heavy atom. The molecule has 0 aromatic heterocycles. The van der Waals surface area contributed by atoms with Gasteiger partial charge in [-0.15, -0.1) is 0 Å². The summed E-state index contributed by atoms with van der Waals surface area (Å²) in [5, 5.41) is 9.59. The van der Waals surface area contributed by atoms with Crippen LogP contribution in [-0.4, -0.2) is 5.11 Å². The Morgan fingerprint density at radius 3 is 2.42 bits per heavy atom. The van der Waals surface area contributed by atoms with Gasteiger partial charge < -0.3 is 5.11 Å². The Kier molecular flexibility index (Phi) is 4.17. The number of hydrogen-bond acceptors (Lipinski definition) is 2. The molecule has 0 amide bonds. The molecule has 0 bridgehead atoms. The minimum absolute atomic E-state index is 0.105. The maximum Gasteiger partial charge on any atom is 0.140 e. The van der Waals surface area contributed by atoms with E-state index in [9.17, 15) is 18.3 Å². The molecular weight excluding hydrogens is 273 g/mol. The molecule has 0 radical (unpaired) electrons. The minimum Gasteiger partial charge on any atom is -0.389 e. The molecule has 0 aliphatic heterocycles. The molecule has 2 aromatic carbocycles. The van der Waals surface area contributed by atoms with Crippen LogP contribution in [0.3, 0.4) is 0 Å². The van der Waals surface area contributed by atoms with E-state index in [0.29, 0.717) is 5.56 Å². The van der Waals surface area contributed by atoms with Crippen LogP contribution in [0, 0.1) is 17.5 Å². The van der Waals surface area contributed by atoms with Gasteiger partial charge in [0, 0.05) is 11.0 Å². The van der Waals surface area contributed by atoms with Crippen molar-refractivity contribution in [2.24, 2.45) is 0 Å². The third-order valence-electron chi connectivity index (χ3n) is 2.55. The molecule has 2 aromatic rings. The molecule has 0 unspecified atom stereocenters. The monoisotopic (exact) mass is 284 g/mol. The summed E-state index contributed by atoms with van der Waals surface area (Å²) in [7, 11) is 0. The lowest BCUT2D eigenvalue weighted by Gasteiger charge is -2.12. The van der Waals surface area contributed by atoms with E-state index in [0.717, 1.165) is 23.9 Å². The van der Waals surface area contributed by atoms with Gasteiger partial charge in [0.25, 0.3) is 0 Å². The van der Waals surface area contributed by atoms with E-state index >= 15 is 0 Å². The molecule has 1 nitrogen and oxygen atoms in total. The fourth-order valence-electron chi connectivity index (χ4n) is 1.63. The molecule has 0 saturated heterocycles. The zero-order chi connectivity index (χ0) is 14.0. The maximum absolute atomic E-state index is 13.8. The highest BCUT2D eigenvalue weighted by Gasteiger charge is 2.15. The van der Waals surface area contributed by atoms with Gasteiger partial charge in [0.15, 0.2) is 0 Å². The van der Waals surface area contributed by atoms with Crippen LogP contribution in [0.15, 0.2) is 46.2 Å². The molecule has 0 fully saturated rings. The number of aliphatic hydroxyl groups is 1. The molecule has 2 rings (SSSR count). The van der Waals surface area contributed by atoms with Crippen molar-refractivity contribution in [2.75, 3.05) is 0 Å². The van der Waals surface area contributed by atoms with Gasteiger partial charge in [0.2, 0.25) is 0 Å². The molecule has 5 heteroatoms. The number of halogens is 3. The molecule has 0 saturated carbocycles. The highest BCUT2D eigenvalue weighted by atomic mass is 32.2. The molecule has 19 heavy (non-hydrogen) atoms. The third kappa shape index (κ3) is 3.11. The Balaban J connectivity index is 2.43. The molecule has 100 valence electrons. The van der Waals surface area contributed by atoms with Crippen molar-refractivity contribution in [3.05, 3.63) is 59.4 Å². The highest BCUT2D eigenvalue weighted by Crippen LogP contribution is 2.36. The zero-order valence-corrected chi connectivity index (χ0v) is 10.8. The molecule has 0 spiro atoms. The first-order valence-corrected chi connectivity index (χ1v) is 6.40. The van der Waals surface area contributed by atoms with E-state index in [1.807, 2.05) is 0 Å². The van der Waals surface area contributed by atoms with Crippen LogP contribution in [-0.2, 0) is 0 Å². The van der Waals surface area contributed by atoms with Crippen molar-refractivity contribution in [1.29, 1.82) is 0 Å². The summed E-state index contributed by atoms with van der Waals surface area (Å²) in [5.74, 6) is -2.00. The minimum atomic E-state index is -0.873. The summed E-state index contributed by atoms with van der Waals surface area (Å²) in [6, 6.07) is 7.36. The lowest BCUT2D eigenvalue weighted by Crippen LogP contribution is -1.97. The fraction of sp³-hybridized carbons (Fsp3) is 0.143. The molecular formula is C14H11F3OS. The Bertz CT molecular complexity index is 599. The van der Waals surface area contributed by atoms with Gasteiger partial charge >= 0.3 is 0 Å². The standard InChI is InChI=1S/C14H11F3OS/c1-8(18)10-3-2-4-11(16)14(10)19-13-6-5-9(15)7-12(13)17/h2-8,18H,1H3/t8-/m0/s1. The first kappa shape index (κ1) is 14.0. The Labute approximate surface area is 113 Å². The van der Waals surface area contributed by atoms with Gasteiger partial charge in [-0.2, -0.15) is 0 Å². The summed E-state index contributed by atoms with van der Waals surface area (Å²) in [6.45, 7) is 1.50. The average Bonchev–Trinajstić information content (AvgIpc) is 2.34. The van der Waals surface area contributed by atoms with Crippen LogP contribution in [0.25, 0.3) is 0 Å². The van der Waals surface area contributed by atoms with Crippen molar-refractivity contribution < 1.29 is 18.3 Å². The summed E-state index contributed by atoms with van der Waals surface area (Å²) in [6.07, 6.45) is -0.873. The summed E-state index contributed by atoms with van der Waals surface area (Å²) >= 11 is 0.828. The third-order valence-corrected chi connectivity index (χ3v) is 3.74. The van der Waals surface area contributed by atoms with Gasteiger partial charge in [-0.05, 0) is 30.7 Å². The first-order chi connectivity index (χ1) is 8.99. The van der Waals surface area contributed by atoms with Crippen molar-refractivity contribution in [1.82, 2.24) is 0 Å². The molecule has 0 aliphatic rings. The fourth-order valence-corrected chi connectivity index (χ4v) is 2.66. The van der Waals surface area contributed by atoms with Crippen LogP contribution in [0.1, 0.15) is 18.6 Å². The Morgan fingerprint density at radius 1 is 1.05 bits per heavy atom. The summed E-state index contributed by atoms with van der Waals surface area (Å²) in [4.78, 5) is 0.247. The maximum atomic E-state index is 13.8. The van der Waals surface area contributed by atoms with E-state index in [4.69, 9.17) is 0 Å². The van der Waals surface area contributed by atoms with E-state index < -0.39 is 23.6 Å². The number of hydrogen-bond donors (Lipinski definition) is 1. The quantitative estimate of drug-likeness (QED) is 0.906. The van der Waals surface area contributed by atoms with Crippen molar-refractivity contribution in [3.63, 3.8) is 0 Å². The number of aliphatic hydroxyl groups excluding tert-OH is 1. The van der Waals surface area contributed by atoms with Gasteiger partial charge in [-0.25, -0.2) is 13.2 Å². The highest BCUT2D eigenvalue weighted by molar-refractivity contribution is 7.99. The van der Waals surface area contributed by atoms with Crippen LogP contribution < -0.4 is 0 Å². The van der Waals surface area contributed by atoms with Gasteiger partial charge in [-0.1, -0.05) is 23.9 Å². The second kappa shape index (κ2) is 5.67. The van der Waals surface area contributed by atoms with Gasteiger partial charge in [0.05, 0.1) is 11.0 Å². The predicted molar refractivity (Wildman–Crippen MR) is 67.5 cm³/mol. The van der Waals surface area contributed by atoms with E-state index in [1.54, 1.807) is 6.07 Å². The number of benzene rings is 2. The van der Waals surface area contributed by atoms with Crippen molar-refractivity contribution >= 4 is 11.8 Å². The number of rotatable bonds is 3. The van der Waals surface area contributed by atoms with E-state index in [2.05, 4.69) is 0 Å². The van der Waals surface area contributed by atoms with Crippen LogP contribution in [0.5, 0.6) is 0 Å². The predicted octanol–water partition coefficient (Wildman–Crippen LogP) is 4.31. The lowest BCUT2D eigenvalue weighted by molar-refractivity contribution is 0.195.